The lowest BCUT2D eigenvalue weighted by Gasteiger charge is -2.33. The van der Waals surface area contributed by atoms with Crippen molar-refractivity contribution >= 4 is 22.7 Å². The second-order valence-electron chi connectivity index (χ2n) is 8.04. The molecule has 144 valence electrons. The maximum atomic E-state index is 12.7. The van der Waals surface area contributed by atoms with Crippen LogP contribution >= 0.6 is 0 Å². The maximum absolute atomic E-state index is 12.7. The Hall–Kier alpha value is -2.96. The SMILES string of the molecule is C[C@@H](Nc1nnc(-c2ccc3cnccc3c2)o1)C(=O)N1CCC2(CC1)CC2. The number of pyridine rings is 1. The van der Waals surface area contributed by atoms with Crippen LogP contribution in [0.4, 0.5) is 6.01 Å². The molecular formula is C21H23N5O2. The van der Waals surface area contributed by atoms with Gasteiger partial charge in [-0.1, -0.05) is 11.2 Å². The number of nitrogens with one attached hydrogen (secondary N) is 1. The number of anilines is 1. The Morgan fingerprint density at radius 3 is 2.75 bits per heavy atom. The molecule has 1 spiro atoms. The summed E-state index contributed by atoms with van der Waals surface area (Å²) in [5.74, 6) is 0.517. The number of amides is 1. The fourth-order valence-corrected chi connectivity index (χ4v) is 4.01. The third-order valence-electron chi connectivity index (χ3n) is 6.12. The number of nitrogens with zero attached hydrogens (tertiary/aromatic N) is 4. The molecule has 1 N–H and O–H groups in total. The van der Waals surface area contributed by atoms with E-state index in [0.29, 0.717) is 11.3 Å². The summed E-state index contributed by atoms with van der Waals surface area (Å²) < 4.78 is 5.75. The minimum absolute atomic E-state index is 0.0912. The highest BCUT2D eigenvalue weighted by molar-refractivity contribution is 5.85. The predicted octanol–water partition coefficient (Wildman–Crippen LogP) is 3.49. The van der Waals surface area contributed by atoms with E-state index in [4.69, 9.17) is 4.42 Å². The number of piperidine rings is 1. The van der Waals surface area contributed by atoms with Crippen LogP contribution in [0, 0.1) is 5.41 Å². The number of aromatic nitrogens is 3. The molecule has 1 aliphatic heterocycles. The zero-order chi connectivity index (χ0) is 19.1. The van der Waals surface area contributed by atoms with E-state index >= 15 is 0 Å². The van der Waals surface area contributed by atoms with Crippen LogP contribution in [-0.2, 0) is 4.79 Å². The van der Waals surface area contributed by atoms with E-state index in [1.165, 1.54) is 12.8 Å². The van der Waals surface area contributed by atoms with E-state index in [1.807, 2.05) is 42.3 Å². The predicted molar refractivity (Wildman–Crippen MR) is 106 cm³/mol. The van der Waals surface area contributed by atoms with Crippen LogP contribution in [0.5, 0.6) is 0 Å². The minimum atomic E-state index is -0.399. The average Bonchev–Trinajstić information content (AvgIpc) is 3.31. The normalized spacial score (nSPS) is 19.0. The van der Waals surface area contributed by atoms with Gasteiger partial charge in [0.05, 0.1) is 0 Å². The first kappa shape index (κ1) is 17.2. The number of rotatable bonds is 4. The van der Waals surface area contributed by atoms with Crippen molar-refractivity contribution in [3.8, 4) is 11.5 Å². The molecule has 2 aliphatic rings. The maximum Gasteiger partial charge on any atom is 0.316 e. The standard InChI is InChI=1S/C21H23N5O2/c1-14(19(27)26-10-7-21(5-6-21)8-11-26)23-20-25-24-18(28-20)16-2-3-17-13-22-9-4-15(17)12-16/h2-4,9,12-14H,5-8,10-11H2,1H3,(H,23,25)/t14-/m1/s1. The summed E-state index contributed by atoms with van der Waals surface area (Å²) in [5.41, 5.74) is 1.40. The van der Waals surface area contributed by atoms with Crippen LogP contribution in [0.15, 0.2) is 41.1 Å². The first-order chi connectivity index (χ1) is 13.6. The minimum Gasteiger partial charge on any atom is -0.403 e. The number of likely N-dealkylation sites (tertiary alicyclic amines) is 1. The smallest absolute Gasteiger partial charge is 0.316 e. The molecule has 0 bridgehead atoms. The Morgan fingerprint density at radius 2 is 1.96 bits per heavy atom. The number of carbonyl (C=O) groups is 1. The zero-order valence-electron chi connectivity index (χ0n) is 15.9. The van der Waals surface area contributed by atoms with Crippen molar-refractivity contribution in [1.29, 1.82) is 0 Å². The molecule has 2 aromatic heterocycles. The van der Waals surface area contributed by atoms with Crippen LogP contribution < -0.4 is 5.32 Å². The van der Waals surface area contributed by atoms with Gasteiger partial charge in [0.15, 0.2) is 0 Å². The second-order valence-corrected chi connectivity index (χ2v) is 8.04. The van der Waals surface area contributed by atoms with Gasteiger partial charge in [0.2, 0.25) is 11.8 Å². The molecule has 1 aromatic carbocycles. The monoisotopic (exact) mass is 377 g/mol. The fraction of sp³-hybridized carbons (Fsp3) is 0.429. The van der Waals surface area contributed by atoms with Crippen LogP contribution in [0.3, 0.4) is 0 Å². The molecule has 2 fully saturated rings. The van der Waals surface area contributed by atoms with E-state index in [2.05, 4.69) is 20.5 Å². The van der Waals surface area contributed by atoms with Gasteiger partial charge in [-0.2, -0.15) is 0 Å². The number of benzene rings is 1. The van der Waals surface area contributed by atoms with Crippen molar-refractivity contribution in [3.05, 3.63) is 36.7 Å². The third-order valence-corrected chi connectivity index (χ3v) is 6.12. The molecule has 0 radical (unpaired) electrons. The summed E-state index contributed by atoms with van der Waals surface area (Å²) in [5, 5.41) is 13.4. The number of hydrogen-bond donors (Lipinski definition) is 1. The average molecular weight is 377 g/mol. The van der Waals surface area contributed by atoms with Crippen molar-refractivity contribution < 1.29 is 9.21 Å². The van der Waals surface area contributed by atoms with Crippen LogP contribution in [0.2, 0.25) is 0 Å². The van der Waals surface area contributed by atoms with Crippen molar-refractivity contribution in [2.45, 2.75) is 38.6 Å². The summed E-state index contributed by atoms with van der Waals surface area (Å²) in [4.78, 5) is 18.8. The van der Waals surface area contributed by atoms with E-state index in [-0.39, 0.29) is 11.9 Å². The lowest BCUT2D eigenvalue weighted by molar-refractivity contribution is -0.133. The van der Waals surface area contributed by atoms with Gasteiger partial charge in [0, 0.05) is 36.4 Å². The van der Waals surface area contributed by atoms with Gasteiger partial charge in [0.1, 0.15) is 6.04 Å². The summed E-state index contributed by atoms with van der Waals surface area (Å²) in [6, 6.07) is 7.70. The summed E-state index contributed by atoms with van der Waals surface area (Å²) in [7, 11) is 0. The molecule has 1 saturated carbocycles. The van der Waals surface area contributed by atoms with Crippen molar-refractivity contribution in [3.63, 3.8) is 0 Å². The molecule has 28 heavy (non-hydrogen) atoms. The van der Waals surface area contributed by atoms with E-state index < -0.39 is 6.04 Å². The third kappa shape index (κ3) is 3.21. The van der Waals surface area contributed by atoms with Crippen molar-refractivity contribution in [1.82, 2.24) is 20.1 Å². The second kappa shape index (κ2) is 6.58. The molecule has 1 saturated heterocycles. The van der Waals surface area contributed by atoms with Gasteiger partial charge in [0.25, 0.3) is 0 Å². The first-order valence-electron chi connectivity index (χ1n) is 9.85. The Kier molecular flexibility index (Phi) is 4.03. The largest absolute Gasteiger partial charge is 0.403 e. The molecule has 1 atom stereocenters. The molecule has 7 heteroatoms. The van der Waals surface area contributed by atoms with Gasteiger partial charge in [-0.25, -0.2) is 0 Å². The van der Waals surface area contributed by atoms with E-state index in [0.717, 1.165) is 42.3 Å². The van der Waals surface area contributed by atoms with E-state index in [9.17, 15) is 4.79 Å². The van der Waals surface area contributed by atoms with Gasteiger partial charge in [-0.05, 0) is 61.6 Å². The molecule has 7 nitrogen and oxygen atoms in total. The topological polar surface area (TPSA) is 84.1 Å². The quantitative estimate of drug-likeness (QED) is 0.749. The molecule has 1 aliphatic carbocycles. The number of fused-ring (bicyclic) bond motifs is 1. The molecule has 0 unspecified atom stereocenters. The van der Waals surface area contributed by atoms with Gasteiger partial charge >= 0.3 is 6.01 Å². The summed E-state index contributed by atoms with van der Waals surface area (Å²) in [6.45, 7) is 3.55. The Labute approximate surface area is 163 Å². The Balaban J connectivity index is 1.25. The highest BCUT2D eigenvalue weighted by Crippen LogP contribution is 2.53. The van der Waals surface area contributed by atoms with Crippen LogP contribution in [0.1, 0.15) is 32.6 Å². The van der Waals surface area contributed by atoms with E-state index in [1.54, 1.807) is 6.20 Å². The fourth-order valence-electron chi connectivity index (χ4n) is 4.01. The molecule has 5 rings (SSSR count). The zero-order valence-corrected chi connectivity index (χ0v) is 15.9. The van der Waals surface area contributed by atoms with Crippen molar-refractivity contribution in [2.75, 3.05) is 18.4 Å². The van der Waals surface area contributed by atoms with Crippen LogP contribution in [-0.4, -0.2) is 45.1 Å². The van der Waals surface area contributed by atoms with Crippen LogP contribution in [0.25, 0.3) is 22.2 Å². The lowest BCUT2D eigenvalue weighted by Crippen LogP contribution is -2.45. The molecule has 3 heterocycles. The Morgan fingerprint density at radius 1 is 1.14 bits per heavy atom. The van der Waals surface area contributed by atoms with Crippen molar-refractivity contribution in [2.24, 2.45) is 5.41 Å². The van der Waals surface area contributed by atoms with Gasteiger partial charge < -0.3 is 14.6 Å². The highest BCUT2D eigenvalue weighted by atomic mass is 16.4. The molecule has 1 amide bonds. The van der Waals surface area contributed by atoms with Gasteiger partial charge in [-0.15, -0.1) is 5.10 Å². The summed E-state index contributed by atoms with van der Waals surface area (Å²) >= 11 is 0. The highest BCUT2D eigenvalue weighted by Gasteiger charge is 2.45. The molecular weight excluding hydrogens is 354 g/mol. The Bertz CT molecular complexity index is 1020. The first-order valence-corrected chi connectivity index (χ1v) is 9.85. The molecule has 3 aromatic rings. The number of hydrogen-bond acceptors (Lipinski definition) is 6. The summed E-state index contributed by atoms with van der Waals surface area (Å²) in [6.07, 6.45) is 8.50. The lowest BCUT2D eigenvalue weighted by atomic mass is 9.93. The van der Waals surface area contributed by atoms with Gasteiger partial charge in [-0.3, -0.25) is 9.78 Å². The number of carbonyl (C=O) groups excluding carboxylic acids is 1.